The molecule has 29 nitrogen and oxygen atoms in total. The van der Waals surface area contributed by atoms with Gasteiger partial charge < -0.3 is 84.3 Å². The van der Waals surface area contributed by atoms with Crippen molar-refractivity contribution in [2.45, 2.75) is 138 Å². The van der Waals surface area contributed by atoms with E-state index in [1.807, 2.05) is 0 Å². The first-order valence-corrected chi connectivity index (χ1v) is 21.8. The van der Waals surface area contributed by atoms with E-state index in [-0.39, 0.29) is 6.61 Å². The smallest absolute Gasteiger partial charge is 0.397 e. The number of aliphatic hydroxyl groups is 5. The van der Waals surface area contributed by atoms with Gasteiger partial charge in [-0.25, -0.2) is 18.0 Å². The van der Waals surface area contributed by atoms with Crippen LogP contribution in [0.4, 0.5) is 0 Å². The second kappa shape index (κ2) is 22.1. The van der Waals surface area contributed by atoms with Gasteiger partial charge in [0.1, 0.15) is 48.7 Å². The van der Waals surface area contributed by atoms with E-state index in [1.54, 1.807) is 0 Å². The van der Waals surface area contributed by atoms with Crippen LogP contribution in [-0.4, -0.2) is 216 Å². The molecule has 20 atom stereocenters. The van der Waals surface area contributed by atoms with Gasteiger partial charge in [0.2, 0.25) is 11.8 Å². The van der Waals surface area contributed by atoms with Gasteiger partial charge in [-0.2, -0.15) is 16.8 Å². The molecule has 8 unspecified atom stereocenters. The summed E-state index contributed by atoms with van der Waals surface area (Å²) in [6.45, 7) is 6.13. The number of hydrogen-bond donors (Lipinski definition) is 11. The lowest BCUT2D eigenvalue weighted by Gasteiger charge is -2.50. The van der Waals surface area contributed by atoms with Crippen molar-refractivity contribution < 1.29 is 127 Å². The molecule has 368 valence electrons. The fourth-order valence-corrected chi connectivity index (χ4v) is 7.99. The number of aliphatic carboxylic acids is 2. The van der Waals surface area contributed by atoms with Crippen LogP contribution in [0.1, 0.15) is 27.7 Å². The maximum absolute atomic E-state index is 12.8. The highest BCUT2D eigenvalue weighted by molar-refractivity contribution is 7.81. The molecule has 4 aliphatic heterocycles. The third kappa shape index (κ3) is 13.5. The molecule has 4 saturated heterocycles. The van der Waals surface area contributed by atoms with Gasteiger partial charge in [0.15, 0.2) is 37.4 Å². The molecule has 2 amide bonds. The molecule has 0 aromatic heterocycles. The summed E-state index contributed by atoms with van der Waals surface area (Å²) in [5.74, 6) is -7.59. The zero-order valence-corrected chi connectivity index (χ0v) is 35.8. The van der Waals surface area contributed by atoms with Crippen molar-refractivity contribution >= 4 is 44.6 Å². The van der Waals surface area contributed by atoms with Crippen LogP contribution < -0.4 is 10.6 Å². The zero-order valence-electron chi connectivity index (χ0n) is 34.1. The summed E-state index contributed by atoms with van der Waals surface area (Å²) in [6, 6.07) is -3.07. The number of carbonyl (C=O) groups is 4. The maximum atomic E-state index is 12.8. The lowest BCUT2D eigenvalue weighted by Crippen LogP contribution is -2.69. The number of amides is 2. The van der Waals surface area contributed by atoms with Crippen molar-refractivity contribution in [3.63, 3.8) is 0 Å². The standard InChI is InChI=1S/C33H52N2O27S2/c1-6-7-53-30-16(34-12(4)36)23(10(2)14(56-30)8-54-63(47,48)49)58-33-22(42)20(40)25(27(62-33)29(45)46)60-31-17(35-13(5)37)24(11(3)15(57-31)9-55-64(50,51)52)59-32-21(41)18(38)19(39)26(61-32)28(43)44/h6,10-11,14-27,30-33,38-42H,1,7-9H2,2-5H3,(H,34,36)(H,35,37)(H,43,44)(H,45,46)(H,47,48,49)(H,50,51,52)/t10-,11-,14?,15?,16?,17?,18-,19-,20+,21?,22?,23-,24-,25-,26?,27?,30+,31-,32+,33+/m0/s1. The molecule has 0 aliphatic carbocycles. The molecular formula is C33H52N2O27S2. The largest absolute Gasteiger partial charge is 0.479 e. The molecule has 31 heteroatoms. The molecule has 0 bridgehead atoms. The number of carboxylic acid groups (broad SMARTS) is 2. The van der Waals surface area contributed by atoms with Gasteiger partial charge in [0.25, 0.3) is 0 Å². The first kappa shape index (κ1) is 53.5. The first-order chi connectivity index (χ1) is 29.6. The van der Waals surface area contributed by atoms with Crippen molar-refractivity contribution in [1.29, 1.82) is 0 Å². The van der Waals surface area contributed by atoms with Gasteiger partial charge in [-0.05, 0) is 0 Å². The highest BCUT2D eigenvalue weighted by atomic mass is 32.3. The van der Waals surface area contributed by atoms with Crippen molar-refractivity contribution in [3.05, 3.63) is 12.7 Å². The van der Waals surface area contributed by atoms with E-state index < -0.39 is 180 Å². The van der Waals surface area contributed by atoms with Crippen molar-refractivity contribution in [2.24, 2.45) is 11.8 Å². The van der Waals surface area contributed by atoms with E-state index in [0.717, 1.165) is 13.8 Å². The molecule has 4 rings (SSSR count). The topological polar surface area (TPSA) is 435 Å². The van der Waals surface area contributed by atoms with Crippen LogP contribution in [0.3, 0.4) is 0 Å². The summed E-state index contributed by atoms with van der Waals surface area (Å²) in [5, 5.41) is 79.1. The fraction of sp³-hybridized carbons (Fsp3) is 0.818. The van der Waals surface area contributed by atoms with Gasteiger partial charge in [0.05, 0.1) is 44.2 Å². The Morgan fingerprint density at radius 1 is 0.594 bits per heavy atom. The molecule has 0 aromatic carbocycles. The Morgan fingerprint density at radius 2 is 1.00 bits per heavy atom. The van der Waals surface area contributed by atoms with Crippen LogP contribution in [0.25, 0.3) is 0 Å². The minimum Gasteiger partial charge on any atom is -0.479 e. The molecule has 0 aromatic rings. The van der Waals surface area contributed by atoms with Gasteiger partial charge in [-0.3, -0.25) is 18.7 Å². The number of aliphatic hydroxyl groups excluding tert-OH is 5. The second-order valence-corrected chi connectivity index (χ2v) is 17.3. The normalized spacial score (nSPS) is 40.8. The third-order valence-corrected chi connectivity index (χ3v) is 11.3. The molecule has 4 heterocycles. The lowest BCUT2D eigenvalue weighted by atomic mass is 9.88. The molecule has 4 fully saturated rings. The number of ether oxygens (including phenoxy) is 8. The molecule has 64 heavy (non-hydrogen) atoms. The van der Waals surface area contributed by atoms with Crippen LogP contribution in [-0.2, 0) is 86.2 Å². The Kier molecular flexibility index (Phi) is 18.5. The van der Waals surface area contributed by atoms with E-state index in [2.05, 4.69) is 25.6 Å². The number of carboxylic acids is 2. The number of carbonyl (C=O) groups excluding carboxylic acids is 2. The number of nitrogens with one attached hydrogen (secondary N) is 2. The Morgan fingerprint density at radius 3 is 1.42 bits per heavy atom. The van der Waals surface area contributed by atoms with Crippen LogP contribution in [0.15, 0.2) is 12.7 Å². The summed E-state index contributed by atoms with van der Waals surface area (Å²) in [4.78, 5) is 49.6. The molecule has 0 spiro atoms. The van der Waals surface area contributed by atoms with Gasteiger partial charge in [-0.15, -0.1) is 6.58 Å². The van der Waals surface area contributed by atoms with Gasteiger partial charge in [0, 0.05) is 25.7 Å². The van der Waals surface area contributed by atoms with E-state index in [9.17, 15) is 80.9 Å². The Hall–Kier alpha value is -3.16. The molecule has 0 saturated carbocycles. The zero-order chi connectivity index (χ0) is 48.2. The summed E-state index contributed by atoms with van der Waals surface area (Å²) in [6.07, 6.45) is -30.6. The minimum atomic E-state index is -5.19. The van der Waals surface area contributed by atoms with Gasteiger partial charge in [-0.1, -0.05) is 19.9 Å². The van der Waals surface area contributed by atoms with Gasteiger partial charge >= 0.3 is 32.7 Å². The fourth-order valence-electron chi connectivity index (χ4n) is 7.38. The first-order valence-electron chi connectivity index (χ1n) is 19.1. The summed E-state index contributed by atoms with van der Waals surface area (Å²) in [7, 11) is -10.2. The Balaban J connectivity index is 1.70. The van der Waals surface area contributed by atoms with E-state index >= 15 is 0 Å². The van der Waals surface area contributed by atoms with E-state index in [1.165, 1.54) is 19.9 Å². The Labute approximate surface area is 364 Å². The Bertz CT molecular complexity index is 1870. The van der Waals surface area contributed by atoms with E-state index in [0.29, 0.717) is 0 Å². The monoisotopic (exact) mass is 972 g/mol. The van der Waals surface area contributed by atoms with Crippen LogP contribution in [0, 0.1) is 11.8 Å². The highest BCUT2D eigenvalue weighted by Gasteiger charge is 2.57. The van der Waals surface area contributed by atoms with E-state index in [4.69, 9.17) is 37.9 Å². The number of rotatable bonds is 19. The summed E-state index contributed by atoms with van der Waals surface area (Å²) >= 11 is 0. The lowest BCUT2D eigenvalue weighted by molar-refractivity contribution is -0.363. The minimum absolute atomic E-state index is 0.215. The third-order valence-electron chi connectivity index (χ3n) is 10.5. The average Bonchev–Trinajstić information content (AvgIpc) is 3.18. The molecule has 11 N–H and O–H groups in total. The highest BCUT2D eigenvalue weighted by Crippen LogP contribution is 2.37. The summed E-state index contributed by atoms with van der Waals surface area (Å²) in [5.41, 5.74) is 0. The quantitative estimate of drug-likeness (QED) is 0.0424. The van der Waals surface area contributed by atoms with Crippen LogP contribution in [0.2, 0.25) is 0 Å². The van der Waals surface area contributed by atoms with Crippen molar-refractivity contribution in [2.75, 3.05) is 19.8 Å². The molecule has 0 radical (unpaired) electrons. The van der Waals surface area contributed by atoms with Crippen molar-refractivity contribution in [3.8, 4) is 0 Å². The second-order valence-electron chi connectivity index (χ2n) is 15.1. The maximum Gasteiger partial charge on any atom is 0.397 e. The summed E-state index contributed by atoms with van der Waals surface area (Å²) < 4.78 is 119. The number of hydrogen-bond acceptors (Lipinski definition) is 23. The van der Waals surface area contributed by atoms with Crippen LogP contribution in [0.5, 0.6) is 0 Å². The average molecular weight is 973 g/mol. The SMILES string of the molecule is C=CCO[C@@H]1OC(COS(=O)(=O)O)[C@H](C)[C@H](O[C@@H]2OC(C(=O)O)[C@@H](O[C@@H]3OC(COS(=O)(=O)O)[C@H](C)[C@H](O[C@@H]4OC(C(=O)O)[C@@H](O)[C@H](O)C4O)C3NC(C)=O)[C@H](O)C2O)C1NC(C)=O. The molecule has 4 aliphatic rings. The predicted molar refractivity (Wildman–Crippen MR) is 199 cm³/mol. The van der Waals surface area contributed by atoms with Crippen molar-refractivity contribution in [1.82, 2.24) is 10.6 Å². The predicted octanol–water partition coefficient (Wildman–Crippen LogP) is -5.86. The van der Waals surface area contributed by atoms with Crippen LogP contribution >= 0.6 is 0 Å². The molecular weight excluding hydrogens is 920 g/mol.